The minimum Gasteiger partial charge on any atom is -0.324 e. The summed E-state index contributed by atoms with van der Waals surface area (Å²) in [5.74, 6) is 0. The number of nitrogens with zero attached hydrogens (tertiary/aromatic N) is 1. The van der Waals surface area contributed by atoms with E-state index in [4.69, 9.17) is 5.73 Å². The van der Waals surface area contributed by atoms with Crippen LogP contribution in [0, 0.1) is 6.92 Å². The van der Waals surface area contributed by atoms with Gasteiger partial charge in [-0.1, -0.05) is 19.4 Å². The Bertz CT molecular complexity index is 228. The van der Waals surface area contributed by atoms with E-state index in [0.717, 1.165) is 24.1 Å². The maximum atomic E-state index is 5.92. The van der Waals surface area contributed by atoms with Crippen LogP contribution in [0.4, 0.5) is 0 Å². The Hall–Kier alpha value is -0.890. The molecule has 0 fully saturated rings. The summed E-state index contributed by atoms with van der Waals surface area (Å²) in [5, 5.41) is 0. The van der Waals surface area contributed by atoms with Crippen LogP contribution in [0.1, 0.15) is 37.1 Å². The van der Waals surface area contributed by atoms with Crippen molar-refractivity contribution < 1.29 is 0 Å². The lowest BCUT2D eigenvalue weighted by molar-refractivity contribution is 0.636. The van der Waals surface area contributed by atoms with Gasteiger partial charge in [-0.25, -0.2) is 0 Å². The number of aryl methyl sites for hydroxylation is 1. The number of hydrogen-bond acceptors (Lipinski definition) is 2. The highest BCUT2D eigenvalue weighted by atomic mass is 14.7. The zero-order valence-corrected chi connectivity index (χ0v) is 7.75. The van der Waals surface area contributed by atoms with Crippen LogP contribution < -0.4 is 5.73 Å². The monoisotopic (exact) mass is 164 g/mol. The third kappa shape index (κ3) is 2.31. The minimum atomic E-state index is 0.156. The van der Waals surface area contributed by atoms with Crippen molar-refractivity contribution in [2.45, 2.75) is 32.7 Å². The number of rotatable bonds is 3. The summed E-state index contributed by atoms with van der Waals surface area (Å²) >= 11 is 0. The second-order valence-electron chi connectivity index (χ2n) is 3.13. The molecule has 0 aliphatic rings. The molecule has 0 bridgehead atoms. The van der Waals surface area contributed by atoms with Crippen molar-refractivity contribution in [3.05, 3.63) is 29.6 Å². The van der Waals surface area contributed by atoms with Crippen molar-refractivity contribution in [3.8, 4) is 0 Å². The molecular weight excluding hydrogens is 148 g/mol. The van der Waals surface area contributed by atoms with Crippen LogP contribution in [0.5, 0.6) is 0 Å². The van der Waals surface area contributed by atoms with Gasteiger partial charge in [-0.2, -0.15) is 0 Å². The molecule has 2 N–H and O–H groups in total. The van der Waals surface area contributed by atoms with E-state index in [0.29, 0.717) is 0 Å². The molecule has 1 heterocycles. The average molecular weight is 164 g/mol. The summed E-state index contributed by atoms with van der Waals surface area (Å²) in [5.41, 5.74) is 8.10. The first-order valence-corrected chi connectivity index (χ1v) is 4.42. The summed E-state index contributed by atoms with van der Waals surface area (Å²) < 4.78 is 0. The predicted octanol–water partition coefficient (Wildman–Crippen LogP) is 2.19. The van der Waals surface area contributed by atoms with Gasteiger partial charge in [0.2, 0.25) is 0 Å². The van der Waals surface area contributed by atoms with Gasteiger partial charge in [-0.05, 0) is 25.0 Å². The van der Waals surface area contributed by atoms with Crippen LogP contribution in [0.25, 0.3) is 0 Å². The van der Waals surface area contributed by atoms with E-state index < -0.39 is 0 Å². The Kier molecular flexibility index (Phi) is 3.23. The van der Waals surface area contributed by atoms with Gasteiger partial charge in [-0.3, -0.25) is 4.98 Å². The summed E-state index contributed by atoms with van der Waals surface area (Å²) in [7, 11) is 0. The summed E-state index contributed by atoms with van der Waals surface area (Å²) in [4.78, 5) is 4.20. The van der Waals surface area contributed by atoms with Crippen LogP contribution in [-0.4, -0.2) is 4.98 Å². The highest BCUT2D eigenvalue weighted by Crippen LogP contribution is 2.14. The molecule has 12 heavy (non-hydrogen) atoms. The molecule has 1 atom stereocenters. The highest BCUT2D eigenvalue weighted by Gasteiger charge is 2.03. The van der Waals surface area contributed by atoms with Crippen LogP contribution in [0.3, 0.4) is 0 Å². The molecule has 0 aliphatic carbocycles. The number of aromatic nitrogens is 1. The van der Waals surface area contributed by atoms with E-state index >= 15 is 0 Å². The third-order valence-electron chi connectivity index (χ3n) is 1.96. The molecule has 0 aromatic carbocycles. The lowest BCUT2D eigenvalue weighted by Crippen LogP contribution is -2.09. The van der Waals surface area contributed by atoms with E-state index in [1.807, 2.05) is 19.2 Å². The van der Waals surface area contributed by atoms with Gasteiger partial charge >= 0.3 is 0 Å². The van der Waals surface area contributed by atoms with Gasteiger partial charge in [-0.15, -0.1) is 0 Å². The van der Waals surface area contributed by atoms with Crippen molar-refractivity contribution in [2.75, 3.05) is 0 Å². The van der Waals surface area contributed by atoms with E-state index in [1.165, 1.54) is 0 Å². The standard InChI is InChI=1S/C10H16N2/c1-3-4-10(11)9-6-5-8(2)12-7-9/h5-7,10H,3-4,11H2,1-2H3. The number of nitrogens with two attached hydrogens (primary N) is 1. The molecule has 66 valence electrons. The first-order valence-electron chi connectivity index (χ1n) is 4.42. The molecule has 2 heteroatoms. The lowest BCUT2D eigenvalue weighted by Gasteiger charge is -2.09. The maximum Gasteiger partial charge on any atom is 0.0372 e. The van der Waals surface area contributed by atoms with Crippen LogP contribution in [-0.2, 0) is 0 Å². The molecule has 0 radical (unpaired) electrons. The fourth-order valence-electron chi connectivity index (χ4n) is 1.18. The number of pyridine rings is 1. The third-order valence-corrected chi connectivity index (χ3v) is 1.96. The Morgan fingerprint density at radius 2 is 2.25 bits per heavy atom. The van der Waals surface area contributed by atoms with Crippen LogP contribution in [0.15, 0.2) is 18.3 Å². The molecule has 2 nitrogen and oxygen atoms in total. The van der Waals surface area contributed by atoms with Gasteiger partial charge in [0, 0.05) is 17.9 Å². The van der Waals surface area contributed by atoms with E-state index in [2.05, 4.69) is 18.0 Å². The predicted molar refractivity (Wildman–Crippen MR) is 50.8 cm³/mol. The van der Waals surface area contributed by atoms with E-state index in [1.54, 1.807) is 0 Å². The fraction of sp³-hybridized carbons (Fsp3) is 0.500. The molecule has 0 saturated carbocycles. The summed E-state index contributed by atoms with van der Waals surface area (Å²) in [6.45, 7) is 4.12. The number of hydrogen-bond donors (Lipinski definition) is 1. The minimum absolute atomic E-state index is 0.156. The Labute approximate surface area is 73.8 Å². The van der Waals surface area contributed by atoms with Crippen molar-refractivity contribution >= 4 is 0 Å². The molecule has 0 amide bonds. The zero-order chi connectivity index (χ0) is 8.97. The van der Waals surface area contributed by atoms with Crippen molar-refractivity contribution in [1.82, 2.24) is 4.98 Å². The first kappa shape index (κ1) is 9.20. The first-order chi connectivity index (χ1) is 5.74. The topological polar surface area (TPSA) is 38.9 Å². The van der Waals surface area contributed by atoms with Crippen LogP contribution in [0.2, 0.25) is 0 Å². The molecule has 1 rings (SSSR count). The maximum absolute atomic E-state index is 5.92. The second kappa shape index (κ2) is 4.21. The quantitative estimate of drug-likeness (QED) is 0.743. The van der Waals surface area contributed by atoms with Gasteiger partial charge in [0.05, 0.1) is 0 Å². The smallest absolute Gasteiger partial charge is 0.0372 e. The molecule has 1 unspecified atom stereocenters. The van der Waals surface area contributed by atoms with E-state index in [-0.39, 0.29) is 6.04 Å². The van der Waals surface area contributed by atoms with Crippen LogP contribution >= 0.6 is 0 Å². The summed E-state index contributed by atoms with van der Waals surface area (Å²) in [6, 6.07) is 4.22. The molecular formula is C10H16N2. The molecule has 1 aromatic heterocycles. The summed E-state index contributed by atoms with van der Waals surface area (Å²) in [6.07, 6.45) is 4.02. The molecule has 0 saturated heterocycles. The zero-order valence-electron chi connectivity index (χ0n) is 7.75. The van der Waals surface area contributed by atoms with Gasteiger partial charge in [0.1, 0.15) is 0 Å². The largest absolute Gasteiger partial charge is 0.324 e. The second-order valence-corrected chi connectivity index (χ2v) is 3.13. The molecule has 0 aliphatic heterocycles. The lowest BCUT2D eigenvalue weighted by atomic mass is 10.1. The van der Waals surface area contributed by atoms with Crippen molar-refractivity contribution in [1.29, 1.82) is 0 Å². The van der Waals surface area contributed by atoms with Crippen molar-refractivity contribution in [3.63, 3.8) is 0 Å². The molecule has 0 spiro atoms. The molecule has 1 aromatic rings. The van der Waals surface area contributed by atoms with Crippen molar-refractivity contribution in [2.24, 2.45) is 5.73 Å². The Balaban J connectivity index is 2.68. The highest BCUT2D eigenvalue weighted by molar-refractivity contribution is 5.16. The van der Waals surface area contributed by atoms with Gasteiger partial charge in [0.25, 0.3) is 0 Å². The average Bonchev–Trinajstić information content (AvgIpc) is 2.06. The van der Waals surface area contributed by atoms with E-state index in [9.17, 15) is 0 Å². The SMILES string of the molecule is CCCC(N)c1ccc(C)nc1. The Morgan fingerprint density at radius 3 is 2.75 bits per heavy atom. The Morgan fingerprint density at radius 1 is 1.50 bits per heavy atom. The normalized spacial score (nSPS) is 12.9. The van der Waals surface area contributed by atoms with Gasteiger partial charge in [0.15, 0.2) is 0 Å². The van der Waals surface area contributed by atoms with Gasteiger partial charge < -0.3 is 5.73 Å². The fourth-order valence-corrected chi connectivity index (χ4v) is 1.18.